The van der Waals surface area contributed by atoms with Gasteiger partial charge in [0.2, 0.25) is 5.91 Å². The van der Waals surface area contributed by atoms with Crippen molar-refractivity contribution in [2.45, 2.75) is 19.5 Å². The second kappa shape index (κ2) is 8.12. The molecule has 0 spiro atoms. The summed E-state index contributed by atoms with van der Waals surface area (Å²) in [6.07, 6.45) is 0. The molecule has 0 saturated carbocycles. The molecule has 1 unspecified atom stereocenters. The number of nitrogens with zero attached hydrogens (tertiary/aromatic N) is 2. The lowest BCUT2D eigenvalue weighted by molar-refractivity contribution is -0.135. The quantitative estimate of drug-likeness (QED) is 0.840. The van der Waals surface area contributed by atoms with Crippen LogP contribution in [0.3, 0.4) is 0 Å². The summed E-state index contributed by atoms with van der Waals surface area (Å²) in [4.78, 5) is 16.3. The minimum Gasteiger partial charge on any atom is -0.395 e. The number of hydrogen-bond donors (Lipinski definition) is 1. The molecule has 1 N–H and O–H groups in total. The van der Waals surface area contributed by atoms with Crippen LogP contribution in [0.25, 0.3) is 0 Å². The van der Waals surface area contributed by atoms with E-state index in [1.54, 1.807) is 0 Å². The summed E-state index contributed by atoms with van der Waals surface area (Å²) in [6.45, 7) is 5.48. The van der Waals surface area contributed by atoms with Gasteiger partial charge in [-0.1, -0.05) is 30.3 Å². The van der Waals surface area contributed by atoms with Crippen molar-refractivity contribution in [2.24, 2.45) is 0 Å². The van der Waals surface area contributed by atoms with E-state index in [0.29, 0.717) is 39.4 Å². The highest BCUT2D eigenvalue weighted by Crippen LogP contribution is 2.09. The highest BCUT2D eigenvalue weighted by molar-refractivity contribution is 5.78. The number of amides is 1. The topological polar surface area (TPSA) is 53.0 Å². The molecule has 1 fully saturated rings. The SMILES string of the molecule is CCN(Cc1ccccc1)C(=O)CN1CCOCC1CO. The number of carbonyl (C=O) groups is 1. The fraction of sp³-hybridized carbons (Fsp3) is 0.562. The largest absolute Gasteiger partial charge is 0.395 e. The van der Waals surface area contributed by atoms with Crippen LogP contribution < -0.4 is 0 Å². The Balaban J connectivity index is 1.93. The molecule has 0 aromatic heterocycles. The number of ether oxygens (including phenoxy) is 1. The van der Waals surface area contributed by atoms with Gasteiger partial charge < -0.3 is 14.7 Å². The fourth-order valence-corrected chi connectivity index (χ4v) is 2.52. The Morgan fingerprint density at radius 3 is 2.86 bits per heavy atom. The summed E-state index contributed by atoms with van der Waals surface area (Å²) in [7, 11) is 0. The molecule has 1 heterocycles. The van der Waals surface area contributed by atoms with Crippen molar-refractivity contribution in [3.05, 3.63) is 35.9 Å². The van der Waals surface area contributed by atoms with Crippen LogP contribution in [0.15, 0.2) is 30.3 Å². The van der Waals surface area contributed by atoms with Gasteiger partial charge in [0.15, 0.2) is 0 Å². The first-order valence-corrected chi connectivity index (χ1v) is 7.49. The lowest BCUT2D eigenvalue weighted by Gasteiger charge is -2.35. The van der Waals surface area contributed by atoms with Gasteiger partial charge in [-0.05, 0) is 12.5 Å². The third-order valence-electron chi connectivity index (χ3n) is 3.85. The standard InChI is InChI=1S/C16H24N2O3/c1-2-17(10-14-6-4-3-5-7-14)16(20)11-18-8-9-21-13-15(18)12-19/h3-7,15,19H,2,8-13H2,1H3. The molecule has 21 heavy (non-hydrogen) atoms. The lowest BCUT2D eigenvalue weighted by atomic mass is 10.2. The molecule has 2 rings (SSSR count). The Morgan fingerprint density at radius 2 is 2.19 bits per heavy atom. The summed E-state index contributed by atoms with van der Waals surface area (Å²) in [5.74, 6) is 0.0988. The molecule has 5 nitrogen and oxygen atoms in total. The smallest absolute Gasteiger partial charge is 0.237 e. The number of morpholine rings is 1. The van der Waals surface area contributed by atoms with Crippen molar-refractivity contribution >= 4 is 5.91 Å². The van der Waals surface area contributed by atoms with Crippen LogP contribution >= 0.6 is 0 Å². The Morgan fingerprint density at radius 1 is 1.43 bits per heavy atom. The lowest BCUT2D eigenvalue weighted by Crippen LogP contribution is -2.51. The van der Waals surface area contributed by atoms with Crippen LogP contribution in [0.1, 0.15) is 12.5 Å². The van der Waals surface area contributed by atoms with E-state index in [4.69, 9.17) is 4.74 Å². The predicted molar refractivity (Wildman–Crippen MR) is 80.8 cm³/mol. The van der Waals surface area contributed by atoms with Crippen molar-refractivity contribution in [3.63, 3.8) is 0 Å². The highest BCUT2D eigenvalue weighted by Gasteiger charge is 2.25. The van der Waals surface area contributed by atoms with Crippen LogP contribution in [0, 0.1) is 0 Å². The third-order valence-corrected chi connectivity index (χ3v) is 3.85. The van der Waals surface area contributed by atoms with Crippen LogP contribution in [-0.2, 0) is 16.1 Å². The first-order valence-electron chi connectivity index (χ1n) is 7.49. The first-order chi connectivity index (χ1) is 10.2. The van der Waals surface area contributed by atoms with E-state index < -0.39 is 0 Å². The van der Waals surface area contributed by atoms with E-state index in [1.807, 2.05) is 47.1 Å². The van der Waals surface area contributed by atoms with Crippen LogP contribution in [-0.4, -0.2) is 66.3 Å². The fourth-order valence-electron chi connectivity index (χ4n) is 2.52. The molecule has 1 aliphatic rings. The first kappa shape index (κ1) is 15.9. The monoisotopic (exact) mass is 292 g/mol. The van der Waals surface area contributed by atoms with Crippen molar-refractivity contribution in [1.82, 2.24) is 9.80 Å². The van der Waals surface area contributed by atoms with Gasteiger partial charge in [-0.3, -0.25) is 9.69 Å². The number of rotatable bonds is 6. The summed E-state index contributed by atoms with van der Waals surface area (Å²) >= 11 is 0. The Labute approximate surface area is 126 Å². The highest BCUT2D eigenvalue weighted by atomic mass is 16.5. The number of benzene rings is 1. The molecule has 1 amide bonds. The molecule has 1 atom stereocenters. The zero-order valence-electron chi connectivity index (χ0n) is 12.6. The second-order valence-corrected chi connectivity index (χ2v) is 5.28. The minimum atomic E-state index is -0.0712. The van der Waals surface area contributed by atoms with E-state index >= 15 is 0 Å². The number of aliphatic hydroxyl groups excluding tert-OH is 1. The van der Waals surface area contributed by atoms with Crippen LogP contribution in [0.5, 0.6) is 0 Å². The van der Waals surface area contributed by atoms with Crippen molar-refractivity contribution in [2.75, 3.05) is 39.5 Å². The van der Waals surface area contributed by atoms with E-state index in [-0.39, 0.29) is 18.6 Å². The van der Waals surface area contributed by atoms with Crippen molar-refractivity contribution < 1.29 is 14.6 Å². The summed E-state index contributed by atoms with van der Waals surface area (Å²) in [5.41, 5.74) is 1.13. The zero-order chi connectivity index (χ0) is 15.1. The maximum absolute atomic E-state index is 12.5. The van der Waals surface area contributed by atoms with E-state index in [1.165, 1.54) is 0 Å². The predicted octanol–water partition coefficient (Wildman–Crippen LogP) is 0.728. The van der Waals surface area contributed by atoms with Gasteiger partial charge in [-0.2, -0.15) is 0 Å². The molecule has 0 aliphatic carbocycles. The number of likely N-dealkylation sites (N-methyl/N-ethyl adjacent to an activating group) is 1. The molecule has 0 radical (unpaired) electrons. The van der Waals surface area contributed by atoms with Gasteiger partial charge in [-0.25, -0.2) is 0 Å². The van der Waals surface area contributed by atoms with Crippen LogP contribution in [0.2, 0.25) is 0 Å². The van der Waals surface area contributed by atoms with Gasteiger partial charge in [0.25, 0.3) is 0 Å². The third kappa shape index (κ3) is 4.52. The average molecular weight is 292 g/mol. The number of hydrogen-bond acceptors (Lipinski definition) is 4. The second-order valence-electron chi connectivity index (χ2n) is 5.28. The molecule has 1 aliphatic heterocycles. The van der Waals surface area contributed by atoms with Crippen molar-refractivity contribution in [1.29, 1.82) is 0 Å². The number of carbonyl (C=O) groups excluding carboxylic acids is 1. The maximum Gasteiger partial charge on any atom is 0.237 e. The summed E-state index contributed by atoms with van der Waals surface area (Å²) in [6, 6.07) is 9.93. The van der Waals surface area contributed by atoms with E-state index in [0.717, 1.165) is 5.56 Å². The normalized spacial score (nSPS) is 19.4. The van der Waals surface area contributed by atoms with Crippen molar-refractivity contribution in [3.8, 4) is 0 Å². The summed E-state index contributed by atoms with van der Waals surface area (Å²) in [5, 5.41) is 9.36. The molecule has 1 aromatic carbocycles. The molecular weight excluding hydrogens is 268 g/mol. The van der Waals surface area contributed by atoms with Gasteiger partial charge >= 0.3 is 0 Å². The molecule has 5 heteroatoms. The molecule has 1 saturated heterocycles. The Hall–Kier alpha value is -1.43. The Kier molecular flexibility index (Phi) is 6.17. The van der Waals surface area contributed by atoms with Gasteiger partial charge in [0.1, 0.15) is 0 Å². The zero-order valence-corrected chi connectivity index (χ0v) is 12.6. The molecular formula is C16H24N2O3. The van der Waals surface area contributed by atoms with Gasteiger partial charge in [0.05, 0.1) is 32.4 Å². The average Bonchev–Trinajstić information content (AvgIpc) is 2.54. The number of aliphatic hydroxyl groups is 1. The minimum absolute atomic E-state index is 0.0259. The molecule has 1 aromatic rings. The molecule has 116 valence electrons. The molecule has 0 bridgehead atoms. The Bertz CT molecular complexity index is 438. The van der Waals surface area contributed by atoms with E-state index in [2.05, 4.69) is 0 Å². The van der Waals surface area contributed by atoms with Gasteiger partial charge in [-0.15, -0.1) is 0 Å². The van der Waals surface area contributed by atoms with E-state index in [9.17, 15) is 9.90 Å². The van der Waals surface area contributed by atoms with Crippen LogP contribution in [0.4, 0.5) is 0 Å². The maximum atomic E-state index is 12.5. The summed E-state index contributed by atoms with van der Waals surface area (Å²) < 4.78 is 5.34. The van der Waals surface area contributed by atoms with Gasteiger partial charge in [0, 0.05) is 19.6 Å².